The Balaban J connectivity index is 2.01. The molecule has 0 aliphatic carbocycles. The van der Waals surface area contributed by atoms with Crippen LogP contribution in [0.5, 0.6) is 0 Å². The number of ketones is 1. The molecule has 0 fully saturated rings. The summed E-state index contributed by atoms with van der Waals surface area (Å²) >= 11 is 4.84. The topological polar surface area (TPSA) is 37.4 Å². The Bertz CT molecular complexity index is 801. The number of rotatable bonds is 2. The number of amides is 1. The van der Waals surface area contributed by atoms with Gasteiger partial charge in [-0.05, 0) is 40.2 Å². The molecular formula is C17H12BrNO2S. The normalized spacial score (nSPS) is 15.0. The number of hydrogen-bond acceptors (Lipinski definition) is 3. The van der Waals surface area contributed by atoms with Crippen LogP contribution in [0, 0.1) is 0 Å². The van der Waals surface area contributed by atoms with Crippen LogP contribution in [0.2, 0.25) is 0 Å². The SMILES string of the molecule is CC(=O)N(C=C1Sc2ccccc2C1=O)c1ccccc1Br. The van der Waals surface area contributed by atoms with E-state index >= 15 is 0 Å². The Kier molecular flexibility index (Phi) is 4.18. The lowest BCUT2D eigenvalue weighted by Gasteiger charge is -2.18. The lowest BCUT2D eigenvalue weighted by Crippen LogP contribution is -2.23. The largest absolute Gasteiger partial charge is 0.288 e. The molecule has 3 rings (SSSR count). The van der Waals surface area contributed by atoms with E-state index in [0.717, 1.165) is 9.37 Å². The van der Waals surface area contributed by atoms with Crippen LogP contribution in [0.15, 0.2) is 69.0 Å². The molecule has 0 radical (unpaired) electrons. The van der Waals surface area contributed by atoms with Gasteiger partial charge in [-0.25, -0.2) is 0 Å². The molecule has 110 valence electrons. The summed E-state index contributed by atoms with van der Waals surface area (Å²) < 4.78 is 0.801. The predicted octanol–water partition coefficient (Wildman–Crippen LogP) is 4.63. The highest BCUT2D eigenvalue weighted by Crippen LogP contribution is 2.40. The minimum Gasteiger partial charge on any atom is -0.288 e. The highest BCUT2D eigenvalue weighted by atomic mass is 79.9. The van der Waals surface area contributed by atoms with E-state index in [1.807, 2.05) is 48.5 Å². The van der Waals surface area contributed by atoms with E-state index in [0.29, 0.717) is 16.2 Å². The number of fused-ring (bicyclic) bond motifs is 1. The van der Waals surface area contributed by atoms with Crippen LogP contribution in [-0.4, -0.2) is 11.7 Å². The zero-order valence-corrected chi connectivity index (χ0v) is 14.1. The van der Waals surface area contributed by atoms with Gasteiger partial charge in [-0.3, -0.25) is 14.5 Å². The molecule has 0 atom stereocenters. The van der Waals surface area contributed by atoms with Gasteiger partial charge in [-0.2, -0.15) is 0 Å². The molecule has 0 aromatic heterocycles. The molecule has 1 aliphatic rings. The summed E-state index contributed by atoms with van der Waals surface area (Å²) in [5, 5.41) is 0. The van der Waals surface area contributed by atoms with Crippen molar-refractivity contribution in [3.8, 4) is 0 Å². The van der Waals surface area contributed by atoms with Crippen LogP contribution in [0.25, 0.3) is 0 Å². The molecule has 1 amide bonds. The van der Waals surface area contributed by atoms with Crippen LogP contribution >= 0.6 is 27.7 Å². The first-order valence-corrected chi connectivity index (χ1v) is 8.26. The van der Waals surface area contributed by atoms with E-state index in [-0.39, 0.29) is 11.7 Å². The van der Waals surface area contributed by atoms with Crippen molar-refractivity contribution in [2.75, 3.05) is 4.90 Å². The van der Waals surface area contributed by atoms with Gasteiger partial charge in [0.15, 0.2) is 0 Å². The second-order valence-corrected chi connectivity index (χ2v) is 6.70. The minimum atomic E-state index is -0.149. The van der Waals surface area contributed by atoms with Gasteiger partial charge in [-0.15, -0.1) is 0 Å². The first kappa shape index (κ1) is 15.1. The summed E-state index contributed by atoms with van der Waals surface area (Å²) in [6.07, 6.45) is 1.62. The Morgan fingerprint density at radius 3 is 2.50 bits per heavy atom. The summed E-state index contributed by atoms with van der Waals surface area (Å²) in [4.78, 5) is 27.4. The first-order chi connectivity index (χ1) is 10.6. The van der Waals surface area contributed by atoms with Crippen molar-refractivity contribution in [3.05, 3.63) is 69.7 Å². The van der Waals surface area contributed by atoms with Crippen molar-refractivity contribution in [1.29, 1.82) is 0 Å². The summed E-state index contributed by atoms with van der Waals surface area (Å²) in [6, 6.07) is 14.9. The van der Waals surface area contributed by atoms with Gasteiger partial charge in [0.2, 0.25) is 11.7 Å². The first-order valence-electron chi connectivity index (χ1n) is 6.65. The number of Topliss-reactive ketones (excluding diaryl/α,β-unsaturated/α-hetero) is 1. The summed E-state index contributed by atoms with van der Waals surface area (Å²) in [7, 11) is 0. The van der Waals surface area contributed by atoms with Crippen molar-refractivity contribution < 1.29 is 9.59 Å². The van der Waals surface area contributed by atoms with Crippen LogP contribution in [0.3, 0.4) is 0 Å². The van der Waals surface area contributed by atoms with Gasteiger partial charge in [-0.1, -0.05) is 36.0 Å². The van der Waals surface area contributed by atoms with E-state index in [1.165, 1.54) is 23.6 Å². The minimum absolute atomic E-state index is 0.0427. The molecule has 0 N–H and O–H groups in total. The van der Waals surface area contributed by atoms with Crippen LogP contribution in [0.1, 0.15) is 17.3 Å². The number of para-hydroxylation sites is 1. The zero-order chi connectivity index (χ0) is 15.7. The highest BCUT2D eigenvalue weighted by Gasteiger charge is 2.27. The number of carbonyl (C=O) groups is 2. The average molecular weight is 374 g/mol. The predicted molar refractivity (Wildman–Crippen MR) is 92.0 cm³/mol. The third-order valence-corrected chi connectivity index (χ3v) is 5.03. The van der Waals surface area contributed by atoms with Crippen LogP contribution in [-0.2, 0) is 4.79 Å². The van der Waals surface area contributed by atoms with Crippen molar-refractivity contribution in [2.45, 2.75) is 11.8 Å². The second kappa shape index (κ2) is 6.10. The smallest absolute Gasteiger partial charge is 0.228 e. The maximum absolute atomic E-state index is 12.4. The second-order valence-electron chi connectivity index (χ2n) is 4.76. The van der Waals surface area contributed by atoms with E-state index in [1.54, 1.807) is 6.20 Å². The Morgan fingerprint density at radius 2 is 1.82 bits per heavy atom. The zero-order valence-electron chi connectivity index (χ0n) is 11.7. The van der Waals surface area contributed by atoms with E-state index in [2.05, 4.69) is 15.9 Å². The molecule has 0 unspecified atom stereocenters. The third kappa shape index (κ3) is 2.74. The fourth-order valence-corrected chi connectivity index (χ4v) is 3.71. The lowest BCUT2D eigenvalue weighted by molar-refractivity contribution is -0.116. The van der Waals surface area contributed by atoms with E-state index < -0.39 is 0 Å². The van der Waals surface area contributed by atoms with Gasteiger partial charge < -0.3 is 0 Å². The fraction of sp³-hybridized carbons (Fsp3) is 0.0588. The fourth-order valence-electron chi connectivity index (χ4n) is 2.22. The average Bonchev–Trinajstić information content (AvgIpc) is 2.82. The molecular weight excluding hydrogens is 362 g/mol. The van der Waals surface area contributed by atoms with Gasteiger partial charge >= 0.3 is 0 Å². The van der Waals surface area contributed by atoms with E-state index in [4.69, 9.17) is 0 Å². The number of halogens is 1. The monoisotopic (exact) mass is 373 g/mol. The van der Waals surface area contributed by atoms with Gasteiger partial charge in [0, 0.05) is 28.1 Å². The van der Waals surface area contributed by atoms with Crippen molar-refractivity contribution >= 4 is 45.1 Å². The summed E-state index contributed by atoms with van der Waals surface area (Å²) in [5.74, 6) is -0.192. The van der Waals surface area contributed by atoms with Crippen LogP contribution < -0.4 is 4.90 Å². The van der Waals surface area contributed by atoms with Gasteiger partial charge in [0.05, 0.1) is 10.6 Å². The molecule has 3 nitrogen and oxygen atoms in total. The maximum Gasteiger partial charge on any atom is 0.228 e. The van der Waals surface area contributed by atoms with Gasteiger partial charge in [0.25, 0.3) is 0 Å². The summed E-state index contributed by atoms with van der Waals surface area (Å²) in [5.41, 5.74) is 1.40. The number of carbonyl (C=O) groups excluding carboxylic acids is 2. The van der Waals surface area contributed by atoms with Crippen LogP contribution in [0.4, 0.5) is 5.69 Å². The number of thioether (sulfide) groups is 1. The highest BCUT2D eigenvalue weighted by molar-refractivity contribution is 9.10. The molecule has 5 heteroatoms. The number of hydrogen-bond donors (Lipinski definition) is 0. The number of anilines is 1. The lowest BCUT2D eigenvalue weighted by atomic mass is 10.1. The molecule has 0 spiro atoms. The Labute approximate surface area is 141 Å². The molecule has 1 heterocycles. The Hall–Kier alpha value is -1.85. The standard InChI is InChI=1S/C17H12BrNO2S/c1-11(20)19(14-8-4-3-7-13(14)18)10-16-17(21)12-6-2-5-9-15(12)22-16/h2-10H,1H3. The number of allylic oxidation sites excluding steroid dienone is 1. The van der Waals surface area contributed by atoms with Gasteiger partial charge in [0.1, 0.15) is 0 Å². The van der Waals surface area contributed by atoms with E-state index in [9.17, 15) is 9.59 Å². The molecule has 0 saturated heterocycles. The number of nitrogens with zero attached hydrogens (tertiary/aromatic N) is 1. The number of benzene rings is 2. The molecule has 22 heavy (non-hydrogen) atoms. The van der Waals surface area contributed by atoms with Crippen molar-refractivity contribution in [3.63, 3.8) is 0 Å². The molecule has 0 bridgehead atoms. The quantitative estimate of drug-likeness (QED) is 0.720. The maximum atomic E-state index is 12.4. The Morgan fingerprint density at radius 1 is 1.14 bits per heavy atom. The third-order valence-electron chi connectivity index (χ3n) is 3.27. The molecule has 1 aliphatic heterocycles. The van der Waals surface area contributed by atoms with Crippen molar-refractivity contribution in [1.82, 2.24) is 0 Å². The van der Waals surface area contributed by atoms with Crippen molar-refractivity contribution in [2.24, 2.45) is 0 Å². The molecule has 2 aromatic rings. The molecule has 0 saturated carbocycles. The molecule has 2 aromatic carbocycles. The summed E-state index contributed by atoms with van der Waals surface area (Å²) in [6.45, 7) is 1.48.